The van der Waals surface area contributed by atoms with Gasteiger partial charge in [0.05, 0.1) is 5.56 Å². The molecule has 5 nitrogen and oxygen atoms in total. The van der Waals surface area contributed by atoms with E-state index in [1.54, 1.807) is 20.2 Å². The molecular formula is C20H30F6N4O. The average Bonchev–Trinajstić information content (AvgIpc) is 2.66. The van der Waals surface area contributed by atoms with Gasteiger partial charge in [-0.1, -0.05) is 6.92 Å². The molecule has 0 aromatic heterocycles. The molecule has 31 heavy (non-hydrogen) atoms. The molecule has 0 spiro atoms. The number of rotatable bonds is 11. The summed E-state index contributed by atoms with van der Waals surface area (Å²) >= 11 is 0. The molecule has 0 bridgehead atoms. The molecule has 11 heteroatoms. The van der Waals surface area contributed by atoms with Crippen LogP contribution >= 0.6 is 0 Å². The summed E-state index contributed by atoms with van der Waals surface area (Å²) in [6.07, 6.45) is -7.74. The van der Waals surface area contributed by atoms with Gasteiger partial charge in [0, 0.05) is 38.8 Å². The number of nitrogens with one attached hydrogen (secondary N) is 3. The number of likely N-dealkylation sites (N-methyl/N-ethyl adjacent to an activating group) is 2. The van der Waals surface area contributed by atoms with Crippen molar-refractivity contribution < 1.29 is 31.1 Å². The molecule has 1 atom stereocenters. The lowest BCUT2D eigenvalue weighted by molar-refractivity contribution is -0.153. The van der Waals surface area contributed by atoms with E-state index in [0.717, 1.165) is 12.1 Å². The van der Waals surface area contributed by atoms with Gasteiger partial charge in [0.15, 0.2) is 6.61 Å². The van der Waals surface area contributed by atoms with E-state index in [1.807, 2.05) is 19.0 Å². The zero-order chi connectivity index (χ0) is 23.8. The first-order valence-electron chi connectivity index (χ1n) is 9.65. The molecule has 0 heterocycles. The fourth-order valence-electron chi connectivity index (χ4n) is 3.07. The van der Waals surface area contributed by atoms with E-state index in [0.29, 0.717) is 19.2 Å². The van der Waals surface area contributed by atoms with Crippen molar-refractivity contribution in [3.05, 3.63) is 40.6 Å². The van der Waals surface area contributed by atoms with Gasteiger partial charge in [-0.15, -0.1) is 0 Å². The third-order valence-corrected chi connectivity index (χ3v) is 4.75. The Labute approximate surface area is 178 Å². The maximum atomic E-state index is 13.6. The molecule has 0 aliphatic rings. The van der Waals surface area contributed by atoms with Crippen LogP contribution in [-0.2, 0) is 6.18 Å². The Kier molecular flexibility index (Phi) is 10.1. The summed E-state index contributed by atoms with van der Waals surface area (Å²) in [5.74, 6) is -0.991. The fraction of sp³-hybridized carbons (Fsp3) is 0.600. The van der Waals surface area contributed by atoms with Crippen LogP contribution in [0.2, 0.25) is 0 Å². The van der Waals surface area contributed by atoms with Crippen molar-refractivity contribution in [1.29, 1.82) is 0 Å². The topological polar surface area (TPSA) is 48.6 Å². The van der Waals surface area contributed by atoms with E-state index in [1.165, 1.54) is 13.0 Å². The van der Waals surface area contributed by atoms with Crippen molar-refractivity contribution in [1.82, 2.24) is 21.1 Å². The Morgan fingerprint density at radius 3 is 2.32 bits per heavy atom. The molecule has 0 amide bonds. The summed E-state index contributed by atoms with van der Waals surface area (Å²) < 4.78 is 83.0. The molecular weight excluding hydrogens is 426 g/mol. The quantitative estimate of drug-likeness (QED) is 0.349. The number of halogens is 6. The van der Waals surface area contributed by atoms with E-state index < -0.39 is 36.2 Å². The number of alkyl halides is 6. The van der Waals surface area contributed by atoms with Crippen LogP contribution in [0.3, 0.4) is 0 Å². The second kappa shape index (κ2) is 11.6. The SMILES string of the molecule is CNCCN(C)C/C(=C/NNC)[C@H](C)c1cc(OCC(F)(F)F)cc(C(F)(F)F)c1C. The van der Waals surface area contributed by atoms with Crippen LogP contribution in [-0.4, -0.2) is 58.5 Å². The van der Waals surface area contributed by atoms with Crippen LogP contribution in [0, 0.1) is 6.92 Å². The van der Waals surface area contributed by atoms with Crippen LogP contribution in [0.5, 0.6) is 5.75 Å². The van der Waals surface area contributed by atoms with E-state index in [2.05, 4.69) is 20.9 Å². The van der Waals surface area contributed by atoms with Gasteiger partial charge in [0.2, 0.25) is 0 Å². The second-order valence-corrected chi connectivity index (χ2v) is 7.26. The first kappa shape index (κ1) is 27.1. The Morgan fingerprint density at radius 1 is 1.16 bits per heavy atom. The van der Waals surface area contributed by atoms with E-state index >= 15 is 0 Å². The van der Waals surface area contributed by atoms with Gasteiger partial charge in [0.1, 0.15) is 5.75 Å². The lowest BCUT2D eigenvalue weighted by Gasteiger charge is -2.26. The summed E-state index contributed by atoms with van der Waals surface area (Å²) in [5.41, 5.74) is 5.49. The van der Waals surface area contributed by atoms with Crippen molar-refractivity contribution in [3.63, 3.8) is 0 Å². The van der Waals surface area contributed by atoms with Crippen LogP contribution < -0.4 is 20.9 Å². The van der Waals surface area contributed by atoms with Gasteiger partial charge in [-0.3, -0.25) is 0 Å². The molecule has 0 aliphatic heterocycles. The maximum absolute atomic E-state index is 13.6. The van der Waals surface area contributed by atoms with Crippen LogP contribution in [0.4, 0.5) is 26.3 Å². The Hall–Kier alpha value is -1.98. The lowest BCUT2D eigenvalue weighted by atomic mass is 9.87. The van der Waals surface area contributed by atoms with Gasteiger partial charge in [0.25, 0.3) is 0 Å². The molecule has 0 saturated carbocycles. The molecule has 178 valence electrons. The highest BCUT2D eigenvalue weighted by molar-refractivity contribution is 5.47. The Bertz CT molecular complexity index is 734. The predicted octanol–water partition coefficient (Wildman–Crippen LogP) is 3.82. The number of benzene rings is 1. The van der Waals surface area contributed by atoms with Crippen LogP contribution in [0.25, 0.3) is 0 Å². The summed E-state index contributed by atoms with van der Waals surface area (Å²) in [6, 6.07) is 1.87. The fourth-order valence-corrected chi connectivity index (χ4v) is 3.07. The second-order valence-electron chi connectivity index (χ2n) is 7.26. The molecule has 3 N–H and O–H groups in total. The van der Waals surface area contributed by atoms with Gasteiger partial charge in [-0.25, -0.2) is 5.43 Å². The standard InChI is InChI=1S/C20H30F6N4O/c1-13(15(10-29-28-4)11-30(5)7-6-27-3)17-8-16(31-12-19(21,22)23)9-18(14(17)2)20(24,25)26/h8-10,13,27-29H,6-7,11-12H2,1-5H3/b15-10-/t13-/m0/s1. The number of nitrogens with zero attached hydrogens (tertiary/aromatic N) is 1. The average molecular weight is 456 g/mol. The van der Waals surface area contributed by atoms with E-state index in [9.17, 15) is 26.3 Å². The van der Waals surface area contributed by atoms with Crippen molar-refractivity contribution in [3.8, 4) is 5.75 Å². The first-order chi connectivity index (χ1) is 14.3. The largest absolute Gasteiger partial charge is 0.484 e. The van der Waals surface area contributed by atoms with Gasteiger partial charge in [-0.05, 0) is 49.9 Å². The van der Waals surface area contributed by atoms with Crippen molar-refractivity contribution in [2.45, 2.75) is 32.1 Å². The number of ether oxygens (including phenoxy) is 1. The first-order valence-corrected chi connectivity index (χ1v) is 9.65. The molecule has 0 unspecified atom stereocenters. The van der Waals surface area contributed by atoms with Crippen LogP contribution in [0.1, 0.15) is 29.5 Å². The molecule has 0 saturated heterocycles. The highest BCUT2D eigenvalue weighted by Crippen LogP contribution is 2.40. The smallest absolute Gasteiger partial charge is 0.422 e. The molecule has 0 fully saturated rings. The molecule has 0 aliphatic carbocycles. The minimum atomic E-state index is -4.73. The van der Waals surface area contributed by atoms with E-state index in [-0.39, 0.29) is 11.1 Å². The number of hydrazine groups is 1. The van der Waals surface area contributed by atoms with E-state index in [4.69, 9.17) is 0 Å². The third-order valence-electron chi connectivity index (χ3n) is 4.75. The summed E-state index contributed by atoms with van der Waals surface area (Å²) in [4.78, 5) is 1.99. The Balaban J connectivity index is 3.38. The minimum Gasteiger partial charge on any atom is -0.484 e. The minimum absolute atomic E-state index is 0.0485. The van der Waals surface area contributed by atoms with Crippen molar-refractivity contribution in [2.24, 2.45) is 0 Å². The van der Waals surface area contributed by atoms with Gasteiger partial charge >= 0.3 is 12.4 Å². The summed E-state index contributed by atoms with van der Waals surface area (Å²) in [7, 11) is 5.32. The lowest BCUT2D eigenvalue weighted by Crippen LogP contribution is -2.31. The monoisotopic (exact) mass is 456 g/mol. The maximum Gasteiger partial charge on any atom is 0.422 e. The summed E-state index contributed by atoms with van der Waals surface area (Å²) in [5, 5.41) is 3.02. The van der Waals surface area contributed by atoms with Gasteiger partial charge < -0.3 is 20.4 Å². The molecule has 0 radical (unpaired) electrons. The highest BCUT2D eigenvalue weighted by Gasteiger charge is 2.35. The number of hydrogen-bond donors (Lipinski definition) is 3. The normalized spacial score (nSPS) is 14.1. The zero-order valence-corrected chi connectivity index (χ0v) is 18.3. The summed E-state index contributed by atoms with van der Waals surface area (Å²) in [6.45, 7) is 3.21. The van der Waals surface area contributed by atoms with Crippen molar-refractivity contribution in [2.75, 3.05) is 47.4 Å². The third kappa shape index (κ3) is 8.96. The molecule has 1 rings (SSSR count). The van der Waals surface area contributed by atoms with Crippen LogP contribution in [0.15, 0.2) is 23.9 Å². The number of hydrogen-bond acceptors (Lipinski definition) is 5. The zero-order valence-electron chi connectivity index (χ0n) is 18.3. The molecule has 1 aromatic rings. The van der Waals surface area contributed by atoms with Crippen molar-refractivity contribution >= 4 is 0 Å². The Morgan fingerprint density at radius 2 is 1.81 bits per heavy atom. The van der Waals surface area contributed by atoms with Gasteiger partial charge in [-0.2, -0.15) is 26.3 Å². The predicted molar refractivity (Wildman–Crippen MR) is 108 cm³/mol. The molecule has 1 aromatic carbocycles. The highest BCUT2D eigenvalue weighted by atomic mass is 19.4.